The number of aromatic nitrogens is 2. The Morgan fingerprint density at radius 2 is 1.81 bits per heavy atom. The molecule has 1 atom stereocenters. The molecule has 0 saturated heterocycles. The van der Waals surface area contributed by atoms with E-state index in [0.29, 0.717) is 18.3 Å². The molecule has 0 aliphatic heterocycles. The Kier molecular flexibility index (Phi) is 6.79. The number of nitrogens with one attached hydrogen (secondary N) is 2. The molecule has 1 aromatic carbocycles. The predicted molar refractivity (Wildman–Crippen MR) is 107 cm³/mol. The molecule has 2 aromatic rings. The molecule has 1 aliphatic rings. The summed E-state index contributed by atoms with van der Waals surface area (Å²) in [5.74, 6) is 0.813. The van der Waals surface area contributed by atoms with Crippen LogP contribution in [-0.4, -0.2) is 24.4 Å². The van der Waals surface area contributed by atoms with Crippen molar-refractivity contribution in [3.05, 3.63) is 48.5 Å². The van der Waals surface area contributed by atoms with Gasteiger partial charge in [-0.2, -0.15) is 0 Å². The van der Waals surface area contributed by atoms with Crippen molar-refractivity contribution in [3.63, 3.8) is 0 Å². The van der Waals surface area contributed by atoms with Gasteiger partial charge in [-0.1, -0.05) is 50.3 Å². The monoisotopic (exact) mass is 388 g/mol. The van der Waals surface area contributed by atoms with Crippen LogP contribution in [-0.2, 0) is 16.6 Å². The van der Waals surface area contributed by atoms with Crippen LogP contribution in [0.3, 0.4) is 0 Å². The van der Waals surface area contributed by atoms with Gasteiger partial charge >= 0.3 is 0 Å². The van der Waals surface area contributed by atoms with Crippen LogP contribution in [0.2, 0.25) is 0 Å². The van der Waals surface area contributed by atoms with Crippen molar-refractivity contribution in [2.75, 3.05) is 4.72 Å². The summed E-state index contributed by atoms with van der Waals surface area (Å²) in [6.45, 7) is 2.83. The Bertz CT molecular complexity index is 821. The van der Waals surface area contributed by atoms with E-state index >= 15 is 0 Å². The molecule has 6 nitrogen and oxygen atoms in total. The highest BCUT2D eigenvalue weighted by Gasteiger charge is 2.18. The standard InChI is InChI=1S/C20H28N4O2S/c1-16(11-17-7-3-2-4-8-17)23-12-18-9-5-6-10-20(18)24-27(25,26)19-13-21-15-22-14-19/h5-6,9-10,13-17,23-24H,2-4,7-8,11-12H2,1H3. The first kappa shape index (κ1) is 19.8. The fraction of sp³-hybridized carbons (Fsp3) is 0.500. The lowest BCUT2D eigenvalue weighted by molar-refractivity contribution is 0.305. The zero-order valence-electron chi connectivity index (χ0n) is 15.8. The molecule has 0 radical (unpaired) electrons. The van der Waals surface area contributed by atoms with Crippen molar-refractivity contribution in [1.82, 2.24) is 15.3 Å². The maximum atomic E-state index is 12.5. The van der Waals surface area contributed by atoms with Crippen molar-refractivity contribution in [2.45, 2.75) is 62.9 Å². The summed E-state index contributed by atoms with van der Waals surface area (Å²) in [5, 5.41) is 3.55. The van der Waals surface area contributed by atoms with Crippen LogP contribution in [0.5, 0.6) is 0 Å². The van der Waals surface area contributed by atoms with Crippen LogP contribution in [0.25, 0.3) is 0 Å². The number of benzene rings is 1. The summed E-state index contributed by atoms with van der Waals surface area (Å²) in [4.78, 5) is 7.63. The van der Waals surface area contributed by atoms with E-state index in [1.807, 2.05) is 18.2 Å². The number of nitrogens with zero attached hydrogens (tertiary/aromatic N) is 2. The minimum atomic E-state index is -3.70. The fourth-order valence-electron chi connectivity index (χ4n) is 3.69. The van der Waals surface area contributed by atoms with Gasteiger partial charge in [-0.25, -0.2) is 18.4 Å². The highest BCUT2D eigenvalue weighted by atomic mass is 32.2. The first-order valence-corrected chi connectivity index (χ1v) is 11.1. The summed E-state index contributed by atoms with van der Waals surface area (Å²) in [7, 11) is -3.70. The molecule has 0 bridgehead atoms. The molecule has 1 saturated carbocycles. The van der Waals surface area contributed by atoms with Gasteiger partial charge in [-0.15, -0.1) is 0 Å². The largest absolute Gasteiger partial charge is 0.310 e. The van der Waals surface area contributed by atoms with Gasteiger partial charge in [0.25, 0.3) is 10.0 Å². The Morgan fingerprint density at radius 1 is 1.11 bits per heavy atom. The molecule has 27 heavy (non-hydrogen) atoms. The second kappa shape index (κ2) is 9.28. The van der Waals surface area contributed by atoms with Crippen molar-refractivity contribution >= 4 is 15.7 Å². The van der Waals surface area contributed by atoms with Gasteiger partial charge in [0.15, 0.2) is 0 Å². The van der Waals surface area contributed by atoms with Gasteiger partial charge in [-0.05, 0) is 30.9 Å². The van der Waals surface area contributed by atoms with Gasteiger partial charge in [0.1, 0.15) is 11.2 Å². The van der Waals surface area contributed by atoms with E-state index in [1.54, 1.807) is 6.07 Å². The van der Waals surface area contributed by atoms with E-state index in [0.717, 1.165) is 11.5 Å². The molecular weight excluding hydrogens is 360 g/mol. The normalized spacial score (nSPS) is 16.8. The van der Waals surface area contributed by atoms with Crippen molar-refractivity contribution < 1.29 is 8.42 Å². The van der Waals surface area contributed by atoms with Crippen LogP contribution < -0.4 is 10.0 Å². The molecule has 0 spiro atoms. The van der Waals surface area contributed by atoms with Gasteiger partial charge in [0.2, 0.25) is 0 Å². The smallest absolute Gasteiger partial charge is 0.264 e. The fourth-order valence-corrected chi connectivity index (χ4v) is 4.70. The molecule has 2 N–H and O–H groups in total. The molecule has 1 aliphatic carbocycles. The van der Waals surface area contributed by atoms with E-state index in [1.165, 1.54) is 57.2 Å². The lowest BCUT2D eigenvalue weighted by Gasteiger charge is -2.25. The second-order valence-corrected chi connectivity index (χ2v) is 9.04. The van der Waals surface area contributed by atoms with Crippen molar-refractivity contribution in [3.8, 4) is 0 Å². The summed E-state index contributed by atoms with van der Waals surface area (Å²) in [6, 6.07) is 7.88. The molecule has 1 unspecified atom stereocenters. The van der Waals surface area contributed by atoms with Crippen molar-refractivity contribution in [1.29, 1.82) is 0 Å². The highest BCUT2D eigenvalue weighted by molar-refractivity contribution is 7.92. The van der Waals surface area contributed by atoms with Gasteiger partial charge < -0.3 is 5.32 Å². The average molecular weight is 389 g/mol. The molecule has 146 valence electrons. The Hall–Kier alpha value is -1.99. The maximum absolute atomic E-state index is 12.5. The number of para-hydroxylation sites is 1. The van der Waals surface area contributed by atoms with E-state index in [4.69, 9.17) is 0 Å². The minimum Gasteiger partial charge on any atom is -0.310 e. The summed E-state index contributed by atoms with van der Waals surface area (Å²) < 4.78 is 27.7. The Labute approximate surface area is 161 Å². The molecule has 1 fully saturated rings. The van der Waals surface area contributed by atoms with E-state index in [9.17, 15) is 8.42 Å². The summed E-state index contributed by atoms with van der Waals surface area (Å²) in [5.41, 5.74) is 1.51. The number of sulfonamides is 1. The lowest BCUT2D eigenvalue weighted by atomic mass is 9.85. The molecule has 1 heterocycles. The third-order valence-electron chi connectivity index (χ3n) is 5.16. The number of hydrogen-bond acceptors (Lipinski definition) is 5. The third-order valence-corrected chi connectivity index (χ3v) is 6.48. The van der Waals surface area contributed by atoms with Crippen molar-refractivity contribution in [2.24, 2.45) is 5.92 Å². The molecule has 0 amide bonds. The number of anilines is 1. The summed E-state index contributed by atoms with van der Waals surface area (Å²) >= 11 is 0. The van der Waals surface area contributed by atoms with Crippen LogP contribution >= 0.6 is 0 Å². The zero-order chi connectivity index (χ0) is 19.1. The zero-order valence-corrected chi connectivity index (χ0v) is 16.6. The SMILES string of the molecule is CC(CC1CCCCC1)NCc1ccccc1NS(=O)(=O)c1cncnc1. The highest BCUT2D eigenvalue weighted by Crippen LogP contribution is 2.27. The maximum Gasteiger partial charge on any atom is 0.264 e. The van der Waals surface area contributed by atoms with Crippen LogP contribution in [0, 0.1) is 5.92 Å². The van der Waals surface area contributed by atoms with E-state index < -0.39 is 10.0 Å². The van der Waals surface area contributed by atoms with Gasteiger partial charge in [-0.3, -0.25) is 4.72 Å². The van der Waals surface area contributed by atoms with Crippen LogP contribution in [0.1, 0.15) is 51.0 Å². The van der Waals surface area contributed by atoms with Gasteiger partial charge in [0.05, 0.1) is 18.1 Å². The molecule has 1 aromatic heterocycles. The Balaban J connectivity index is 1.62. The van der Waals surface area contributed by atoms with E-state index in [-0.39, 0.29) is 4.90 Å². The molecule has 7 heteroatoms. The quantitative estimate of drug-likeness (QED) is 0.720. The average Bonchev–Trinajstić information content (AvgIpc) is 2.68. The lowest BCUT2D eigenvalue weighted by Crippen LogP contribution is -2.29. The second-order valence-electron chi connectivity index (χ2n) is 7.36. The molecule has 3 rings (SSSR count). The van der Waals surface area contributed by atoms with Crippen LogP contribution in [0.4, 0.5) is 5.69 Å². The van der Waals surface area contributed by atoms with Gasteiger partial charge in [0, 0.05) is 12.6 Å². The predicted octanol–water partition coefficient (Wildman–Crippen LogP) is 3.73. The number of rotatable bonds is 8. The minimum absolute atomic E-state index is 0.0541. The Morgan fingerprint density at radius 3 is 2.56 bits per heavy atom. The van der Waals surface area contributed by atoms with Crippen LogP contribution in [0.15, 0.2) is 47.9 Å². The third kappa shape index (κ3) is 5.74. The molecular formula is C20H28N4O2S. The topological polar surface area (TPSA) is 84.0 Å². The first-order valence-electron chi connectivity index (χ1n) is 9.64. The van der Waals surface area contributed by atoms with E-state index in [2.05, 4.69) is 26.9 Å². The summed E-state index contributed by atoms with van der Waals surface area (Å²) in [6.07, 6.45) is 11.8. The first-order chi connectivity index (χ1) is 13.0. The number of hydrogen-bond donors (Lipinski definition) is 2.